The monoisotopic (exact) mass is 247 g/mol. The Kier molecular flexibility index (Phi) is 3.97. The van der Waals surface area contributed by atoms with Gasteiger partial charge in [-0.2, -0.15) is 0 Å². The molecule has 1 aliphatic heterocycles. The maximum Gasteiger partial charge on any atom is 0.236 e. The number of aryl methyl sites for hydroxylation is 1. The molecule has 1 unspecified atom stereocenters. The molecule has 2 rings (SSSR count). The van der Waals surface area contributed by atoms with Crippen LogP contribution in [0.3, 0.4) is 0 Å². The van der Waals surface area contributed by atoms with Crippen molar-refractivity contribution in [1.29, 1.82) is 0 Å². The Labute approximate surface area is 109 Å². The molecule has 2 heterocycles. The molecule has 0 bridgehead atoms. The van der Waals surface area contributed by atoms with Crippen molar-refractivity contribution < 1.29 is 4.79 Å². The molecule has 4 heteroatoms. The summed E-state index contributed by atoms with van der Waals surface area (Å²) in [5, 5.41) is 0. The lowest BCUT2D eigenvalue weighted by Gasteiger charge is -2.25. The van der Waals surface area contributed by atoms with Crippen LogP contribution in [-0.4, -0.2) is 47.9 Å². The lowest BCUT2D eigenvalue weighted by atomic mass is 10.1. The Morgan fingerprint density at radius 1 is 1.50 bits per heavy atom. The fourth-order valence-corrected chi connectivity index (χ4v) is 2.42. The molecule has 0 aliphatic carbocycles. The van der Waals surface area contributed by atoms with Crippen molar-refractivity contribution in [3.05, 3.63) is 29.6 Å². The van der Waals surface area contributed by atoms with Crippen molar-refractivity contribution in [2.75, 3.05) is 27.2 Å². The van der Waals surface area contributed by atoms with Crippen molar-refractivity contribution in [2.24, 2.45) is 0 Å². The van der Waals surface area contributed by atoms with Crippen LogP contribution in [0.1, 0.15) is 30.3 Å². The predicted molar refractivity (Wildman–Crippen MR) is 71.2 cm³/mol. The Balaban J connectivity index is 2.10. The summed E-state index contributed by atoms with van der Waals surface area (Å²) in [5.41, 5.74) is 2.14. The summed E-state index contributed by atoms with van der Waals surface area (Å²) in [6.07, 6.45) is 2.23. The molecule has 0 radical (unpaired) electrons. The average molecular weight is 247 g/mol. The van der Waals surface area contributed by atoms with Crippen molar-refractivity contribution >= 4 is 5.91 Å². The summed E-state index contributed by atoms with van der Waals surface area (Å²) in [6.45, 7) is 3.49. The first-order chi connectivity index (χ1) is 8.58. The van der Waals surface area contributed by atoms with Gasteiger partial charge in [-0.1, -0.05) is 6.07 Å². The normalized spacial score (nSPS) is 20.1. The van der Waals surface area contributed by atoms with E-state index in [1.807, 2.05) is 19.1 Å². The maximum atomic E-state index is 11.8. The molecular weight excluding hydrogens is 226 g/mol. The van der Waals surface area contributed by atoms with E-state index in [1.54, 1.807) is 19.0 Å². The standard InChI is InChI=1S/C14H21N3O/c1-11-6-4-7-12(15-11)13-8-5-9-17(13)10-14(18)16(2)3/h4,6-7,13H,5,8-10H2,1-3H3. The van der Waals surface area contributed by atoms with Gasteiger partial charge in [0.15, 0.2) is 0 Å². The zero-order chi connectivity index (χ0) is 13.1. The number of hydrogen-bond donors (Lipinski definition) is 0. The summed E-state index contributed by atoms with van der Waals surface area (Å²) in [5.74, 6) is 0.162. The van der Waals surface area contributed by atoms with Crippen molar-refractivity contribution in [2.45, 2.75) is 25.8 Å². The highest BCUT2D eigenvalue weighted by molar-refractivity contribution is 5.77. The van der Waals surface area contributed by atoms with Gasteiger partial charge in [0.1, 0.15) is 0 Å². The third-order valence-electron chi connectivity index (χ3n) is 3.45. The van der Waals surface area contributed by atoms with Crippen molar-refractivity contribution in [3.63, 3.8) is 0 Å². The molecule has 1 saturated heterocycles. The number of aromatic nitrogens is 1. The minimum absolute atomic E-state index is 0.162. The summed E-state index contributed by atoms with van der Waals surface area (Å²) < 4.78 is 0. The first kappa shape index (κ1) is 13.0. The maximum absolute atomic E-state index is 11.8. The van der Waals surface area contributed by atoms with Crippen molar-refractivity contribution in [3.8, 4) is 0 Å². The van der Waals surface area contributed by atoms with Gasteiger partial charge >= 0.3 is 0 Å². The predicted octanol–water partition coefficient (Wildman–Crippen LogP) is 1.62. The van der Waals surface area contributed by atoms with Crippen LogP contribution in [0.2, 0.25) is 0 Å². The molecule has 0 aromatic carbocycles. The number of hydrogen-bond acceptors (Lipinski definition) is 3. The summed E-state index contributed by atoms with van der Waals surface area (Å²) in [7, 11) is 3.61. The highest BCUT2D eigenvalue weighted by Gasteiger charge is 2.28. The molecule has 18 heavy (non-hydrogen) atoms. The summed E-state index contributed by atoms with van der Waals surface area (Å²) in [4.78, 5) is 20.3. The van der Waals surface area contributed by atoms with E-state index < -0.39 is 0 Å². The van der Waals surface area contributed by atoms with Crippen LogP contribution in [0, 0.1) is 6.92 Å². The number of amides is 1. The van der Waals surface area contributed by atoms with Crippen LogP contribution in [0.5, 0.6) is 0 Å². The highest BCUT2D eigenvalue weighted by atomic mass is 16.2. The van der Waals surface area contributed by atoms with E-state index in [4.69, 9.17) is 0 Å². The first-order valence-electron chi connectivity index (χ1n) is 6.45. The first-order valence-corrected chi connectivity index (χ1v) is 6.45. The second kappa shape index (κ2) is 5.48. The number of carbonyl (C=O) groups is 1. The van der Waals surface area contributed by atoms with E-state index in [0.29, 0.717) is 12.6 Å². The van der Waals surface area contributed by atoms with Gasteiger partial charge in [-0.15, -0.1) is 0 Å². The van der Waals surface area contributed by atoms with E-state index in [1.165, 1.54) is 0 Å². The van der Waals surface area contributed by atoms with Crippen LogP contribution < -0.4 is 0 Å². The number of pyridine rings is 1. The van der Waals surface area contributed by atoms with Gasteiger partial charge in [0, 0.05) is 19.8 Å². The van der Waals surface area contributed by atoms with Crippen molar-refractivity contribution in [1.82, 2.24) is 14.8 Å². The summed E-state index contributed by atoms with van der Waals surface area (Å²) in [6, 6.07) is 6.42. The van der Waals surface area contributed by atoms with Crippen LogP contribution in [0.15, 0.2) is 18.2 Å². The molecule has 0 saturated carbocycles. The number of carbonyl (C=O) groups excluding carboxylic acids is 1. The van der Waals surface area contributed by atoms with Gasteiger partial charge in [-0.05, 0) is 38.4 Å². The number of rotatable bonds is 3. The fraction of sp³-hybridized carbons (Fsp3) is 0.571. The third kappa shape index (κ3) is 2.88. The Bertz CT molecular complexity index is 431. The van der Waals surface area contributed by atoms with Gasteiger partial charge in [0.25, 0.3) is 0 Å². The average Bonchev–Trinajstić information content (AvgIpc) is 2.77. The molecule has 0 N–H and O–H groups in total. The van der Waals surface area contributed by atoms with Crippen LogP contribution in [0.4, 0.5) is 0 Å². The lowest BCUT2D eigenvalue weighted by molar-refractivity contribution is -0.130. The molecule has 4 nitrogen and oxygen atoms in total. The molecule has 98 valence electrons. The van der Waals surface area contributed by atoms with Crippen LogP contribution in [-0.2, 0) is 4.79 Å². The Morgan fingerprint density at radius 2 is 2.28 bits per heavy atom. The smallest absolute Gasteiger partial charge is 0.236 e. The molecule has 1 amide bonds. The lowest BCUT2D eigenvalue weighted by Crippen LogP contribution is -2.36. The van der Waals surface area contributed by atoms with Crippen LogP contribution in [0.25, 0.3) is 0 Å². The Morgan fingerprint density at radius 3 is 2.94 bits per heavy atom. The zero-order valence-electron chi connectivity index (χ0n) is 11.4. The highest BCUT2D eigenvalue weighted by Crippen LogP contribution is 2.30. The minimum atomic E-state index is 0.162. The molecule has 1 aliphatic rings. The Hall–Kier alpha value is -1.42. The molecule has 1 aromatic rings. The molecule has 1 atom stereocenters. The summed E-state index contributed by atoms with van der Waals surface area (Å²) >= 11 is 0. The van der Waals surface area contributed by atoms with Gasteiger partial charge < -0.3 is 4.90 Å². The quantitative estimate of drug-likeness (QED) is 0.814. The van der Waals surface area contributed by atoms with E-state index in [-0.39, 0.29) is 5.91 Å². The number of likely N-dealkylation sites (tertiary alicyclic amines) is 1. The van der Waals surface area contributed by atoms with Gasteiger partial charge in [-0.3, -0.25) is 14.7 Å². The van der Waals surface area contributed by atoms with Gasteiger partial charge in [0.05, 0.1) is 18.3 Å². The third-order valence-corrected chi connectivity index (χ3v) is 3.45. The minimum Gasteiger partial charge on any atom is -0.348 e. The molecule has 1 fully saturated rings. The van der Waals surface area contributed by atoms with E-state index in [9.17, 15) is 4.79 Å². The van der Waals surface area contributed by atoms with E-state index >= 15 is 0 Å². The largest absolute Gasteiger partial charge is 0.348 e. The molecule has 0 spiro atoms. The number of nitrogens with zero attached hydrogens (tertiary/aromatic N) is 3. The second-order valence-corrected chi connectivity index (χ2v) is 5.12. The topological polar surface area (TPSA) is 36.4 Å². The van der Waals surface area contributed by atoms with Gasteiger partial charge in [-0.25, -0.2) is 0 Å². The van der Waals surface area contributed by atoms with E-state index in [0.717, 1.165) is 30.8 Å². The fourth-order valence-electron chi connectivity index (χ4n) is 2.42. The van der Waals surface area contributed by atoms with E-state index in [2.05, 4.69) is 16.0 Å². The van der Waals surface area contributed by atoms with Crippen LogP contribution >= 0.6 is 0 Å². The zero-order valence-corrected chi connectivity index (χ0v) is 11.4. The second-order valence-electron chi connectivity index (χ2n) is 5.12. The SMILES string of the molecule is Cc1cccc(C2CCCN2CC(=O)N(C)C)n1. The molecule has 1 aromatic heterocycles. The van der Waals surface area contributed by atoms with Gasteiger partial charge in [0.2, 0.25) is 5.91 Å². The number of likely N-dealkylation sites (N-methyl/N-ethyl adjacent to an activating group) is 1. The molecular formula is C14H21N3O.